The Kier molecular flexibility index (Phi) is 2.55. The second-order valence-corrected chi connectivity index (χ2v) is 6.04. The highest BCUT2D eigenvalue weighted by molar-refractivity contribution is 7.14. The number of ketones is 1. The van der Waals surface area contributed by atoms with E-state index in [1.807, 2.05) is 0 Å². The summed E-state index contributed by atoms with van der Waals surface area (Å²) < 4.78 is 13.0. The number of rotatable bonds is 1. The molecule has 1 saturated heterocycles. The van der Waals surface area contributed by atoms with Crippen molar-refractivity contribution in [2.75, 3.05) is 11.4 Å². The van der Waals surface area contributed by atoms with E-state index < -0.39 is 5.60 Å². The normalized spacial score (nSPS) is 23.8. The molecule has 1 aromatic heterocycles. The van der Waals surface area contributed by atoms with Crippen molar-refractivity contribution in [3.8, 4) is 0 Å². The molecule has 4 nitrogen and oxygen atoms in total. The molecular formula is C15H11FN2O2S. The fraction of sp³-hybridized carbons (Fsp3) is 0.200. The van der Waals surface area contributed by atoms with Crippen molar-refractivity contribution >= 4 is 33.6 Å². The van der Waals surface area contributed by atoms with Gasteiger partial charge in [0.15, 0.2) is 11.4 Å². The summed E-state index contributed by atoms with van der Waals surface area (Å²) in [5.74, 6) is -0.280. The van der Waals surface area contributed by atoms with Crippen LogP contribution in [0.2, 0.25) is 0 Å². The number of fused-ring (bicyclic) bond motifs is 2. The first kappa shape index (κ1) is 12.7. The number of benzene rings is 1. The molecule has 1 aromatic carbocycles. The number of anilines is 1. The van der Waals surface area contributed by atoms with Crippen LogP contribution >= 0.6 is 11.3 Å². The second kappa shape index (κ2) is 4.22. The molecule has 2 aliphatic rings. The van der Waals surface area contributed by atoms with Crippen molar-refractivity contribution in [3.63, 3.8) is 0 Å². The van der Waals surface area contributed by atoms with Gasteiger partial charge in [-0.05, 0) is 35.7 Å². The molecule has 6 heteroatoms. The van der Waals surface area contributed by atoms with Crippen LogP contribution in [0.15, 0.2) is 40.7 Å². The minimum absolute atomic E-state index is 0.289. The average molecular weight is 302 g/mol. The molecule has 0 amide bonds. The maximum Gasteiger partial charge on any atom is 0.205 e. The number of carbonyl (C=O) groups is 1. The molecule has 1 N–H and O–H groups in total. The molecule has 1 atom stereocenters. The highest BCUT2D eigenvalue weighted by Crippen LogP contribution is 2.41. The number of halogens is 1. The van der Waals surface area contributed by atoms with Crippen LogP contribution in [0.3, 0.4) is 0 Å². The standard InChI is InChI=1S/C15H11FN2O2S/c16-9-1-3-10(4-2-9)18-7-6-15(20)12(19)11-5-8-21-13(11)17-14(15)18/h1-5,8,20H,6-7H2. The van der Waals surface area contributed by atoms with Gasteiger partial charge in [0.25, 0.3) is 0 Å². The Hall–Kier alpha value is -2.05. The Morgan fingerprint density at radius 1 is 1.29 bits per heavy atom. The lowest BCUT2D eigenvalue weighted by atomic mass is 9.90. The van der Waals surface area contributed by atoms with Gasteiger partial charge in [0, 0.05) is 18.7 Å². The highest BCUT2D eigenvalue weighted by Gasteiger charge is 2.52. The van der Waals surface area contributed by atoms with E-state index in [-0.39, 0.29) is 18.0 Å². The summed E-state index contributed by atoms with van der Waals surface area (Å²) in [5.41, 5.74) is -0.367. The van der Waals surface area contributed by atoms with Crippen molar-refractivity contribution in [1.29, 1.82) is 0 Å². The van der Waals surface area contributed by atoms with E-state index in [0.717, 1.165) is 5.69 Å². The van der Waals surface area contributed by atoms with E-state index in [4.69, 9.17) is 0 Å². The predicted octanol–water partition coefficient (Wildman–Crippen LogP) is 2.75. The van der Waals surface area contributed by atoms with Gasteiger partial charge in [-0.2, -0.15) is 0 Å². The zero-order valence-electron chi connectivity index (χ0n) is 10.9. The van der Waals surface area contributed by atoms with Gasteiger partial charge in [-0.3, -0.25) is 4.79 Å². The number of nitrogens with zero attached hydrogens (tertiary/aromatic N) is 2. The SMILES string of the molecule is O=C1c2ccsc2N=C2N(c3ccc(F)cc3)CCC12O. The molecule has 1 fully saturated rings. The summed E-state index contributed by atoms with van der Waals surface area (Å²) in [6.45, 7) is 0.474. The molecule has 1 unspecified atom stereocenters. The summed E-state index contributed by atoms with van der Waals surface area (Å²) in [5, 5.41) is 13.1. The van der Waals surface area contributed by atoms with E-state index in [1.54, 1.807) is 28.5 Å². The van der Waals surface area contributed by atoms with Gasteiger partial charge in [-0.1, -0.05) is 0 Å². The largest absolute Gasteiger partial charge is 0.374 e. The molecule has 4 rings (SSSR count). The number of hydrogen-bond donors (Lipinski definition) is 1. The van der Waals surface area contributed by atoms with Crippen molar-refractivity contribution < 1.29 is 14.3 Å². The summed E-state index contributed by atoms with van der Waals surface area (Å²) in [7, 11) is 0. The first-order valence-electron chi connectivity index (χ1n) is 6.56. The zero-order valence-corrected chi connectivity index (χ0v) is 11.7. The molecule has 2 aliphatic heterocycles. The maximum atomic E-state index is 13.0. The molecular weight excluding hydrogens is 291 g/mol. The number of thiophene rings is 1. The molecule has 0 saturated carbocycles. The number of amidine groups is 1. The summed E-state index contributed by atoms with van der Waals surface area (Å²) in [6.07, 6.45) is 0.289. The number of Topliss-reactive ketones (excluding diaryl/α,β-unsaturated/α-hetero) is 1. The van der Waals surface area contributed by atoms with Gasteiger partial charge in [-0.15, -0.1) is 11.3 Å². The van der Waals surface area contributed by atoms with Crippen LogP contribution in [-0.2, 0) is 0 Å². The molecule has 3 heterocycles. The number of carbonyl (C=O) groups excluding carboxylic acids is 1. The average Bonchev–Trinajstić information content (AvgIpc) is 3.06. The fourth-order valence-electron chi connectivity index (χ4n) is 2.83. The molecule has 106 valence electrons. The Morgan fingerprint density at radius 2 is 2.05 bits per heavy atom. The first-order chi connectivity index (χ1) is 10.1. The Balaban J connectivity index is 1.84. The predicted molar refractivity (Wildman–Crippen MR) is 79.1 cm³/mol. The molecule has 0 aliphatic carbocycles. The van der Waals surface area contributed by atoms with Crippen molar-refractivity contribution in [3.05, 3.63) is 47.1 Å². The Labute approximate surface area is 124 Å². The second-order valence-electron chi connectivity index (χ2n) is 5.14. The maximum absolute atomic E-state index is 13.0. The lowest BCUT2D eigenvalue weighted by Crippen LogP contribution is -2.48. The van der Waals surface area contributed by atoms with Crippen molar-refractivity contribution in [2.45, 2.75) is 12.0 Å². The van der Waals surface area contributed by atoms with Gasteiger partial charge >= 0.3 is 0 Å². The fourth-order valence-corrected chi connectivity index (χ4v) is 3.59. The van der Waals surface area contributed by atoms with Crippen LogP contribution in [-0.4, -0.2) is 28.9 Å². The van der Waals surface area contributed by atoms with Gasteiger partial charge in [0.1, 0.15) is 10.8 Å². The third-order valence-corrected chi connectivity index (χ3v) is 4.74. The number of aliphatic hydroxyl groups is 1. The van der Waals surface area contributed by atoms with E-state index in [2.05, 4.69) is 4.99 Å². The van der Waals surface area contributed by atoms with E-state index in [9.17, 15) is 14.3 Å². The van der Waals surface area contributed by atoms with Crippen LogP contribution in [0, 0.1) is 5.82 Å². The monoisotopic (exact) mass is 302 g/mol. The molecule has 0 spiro atoms. The minimum Gasteiger partial charge on any atom is -0.374 e. The summed E-state index contributed by atoms with van der Waals surface area (Å²) >= 11 is 1.37. The molecule has 21 heavy (non-hydrogen) atoms. The molecule has 0 bridgehead atoms. The smallest absolute Gasteiger partial charge is 0.205 e. The highest BCUT2D eigenvalue weighted by atomic mass is 32.1. The minimum atomic E-state index is -1.57. The summed E-state index contributed by atoms with van der Waals surface area (Å²) in [4.78, 5) is 18.7. The number of hydrogen-bond acceptors (Lipinski definition) is 5. The zero-order chi connectivity index (χ0) is 14.6. The molecule has 2 aromatic rings. The van der Waals surface area contributed by atoms with E-state index >= 15 is 0 Å². The van der Waals surface area contributed by atoms with Gasteiger partial charge < -0.3 is 10.0 Å². The lowest BCUT2D eigenvalue weighted by molar-refractivity contribution is 0.0603. The summed E-state index contributed by atoms with van der Waals surface area (Å²) in [6, 6.07) is 7.65. The van der Waals surface area contributed by atoms with Crippen LogP contribution in [0.4, 0.5) is 15.1 Å². The van der Waals surface area contributed by atoms with Crippen molar-refractivity contribution in [2.24, 2.45) is 4.99 Å². The Bertz CT molecular complexity index is 768. The van der Waals surface area contributed by atoms with E-state index in [1.165, 1.54) is 23.5 Å². The van der Waals surface area contributed by atoms with Gasteiger partial charge in [-0.25, -0.2) is 9.38 Å². The van der Waals surface area contributed by atoms with Crippen molar-refractivity contribution in [1.82, 2.24) is 0 Å². The topological polar surface area (TPSA) is 52.9 Å². The van der Waals surface area contributed by atoms with Crippen LogP contribution in [0.1, 0.15) is 16.8 Å². The third-order valence-electron chi connectivity index (χ3n) is 3.93. The number of aliphatic imine (C=N–C) groups is 1. The quantitative estimate of drug-likeness (QED) is 0.881. The van der Waals surface area contributed by atoms with Crippen LogP contribution in [0.5, 0.6) is 0 Å². The first-order valence-corrected chi connectivity index (χ1v) is 7.44. The lowest BCUT2D eigenvalue weighted by Gasteiger charge is -2.28. The Morgan fingerprint density at radius 3 is 2.81 bits per heavy atom. The van der Waals surface area contributed by atoms with Crippen LogP contribution < -0.4 is 4.90 Å². The third kappa shape index (κ3) is 1.69. The van der Waals surface area contributed by atoms with Gasteiger partial charge in [0.05, 0.1) is 5.56 Å². The molecule has 0 radical (unpaired) electrons. The van der Waals surface area contributed by atoms with Gasteiger partial charge in [0.2, 0.25) is 5.78 Å². The van der Waals surface area contributed by atoms with E-state index in [0.29, 0.717) is 22.9 Å². The van der Waals surface area contributed by atoms with Crippen LogP contribution in [0.25, 0.3) is 0 Å².